The molecular formula is C18H19NO2. The van der Waals surface area contributed by atoms with Gasteiger partial charge in [0, 0.05) is 18.5 Å². The van der Waals surface area contributed by atoms with Gasteiger partial charge < -0.3 is 14.8 Å². The van der Waals surface area contributed by atoms with E-state index >= 15 is 0 Å². The van der Waals surface area contributed by atoms with Crippen molar-refractivity contribution < 1.29 is 9.47 Å². The van der Waals surface area contributed by atoms with Crippen LogP contribution in [0.25, 0.3) is 0 Å². The molecule has 0 radical (unpaired) electrons. The predicted octanol–water partition coefficient (Wildman–Crippen LogP) is 3.02. The number of hydrogen-bond acceptors (Lipinski definition) is 3. The highest BCUT2D eigenvalue weighted by atomic mass is 16.5. The van der Waals surface area contributed by atoms with E-state index in [2.05, 4.69) is 42.6 Å². The molecule has 0 saturated carbocycles. The van der Waals surface area contributed by atoms with Crippen LogP contribution in [0.3, 0.4) is 0 Å². The molecule has 1 N–H and O–H groups in total. The second-order valence-corrected chi connectivity index (χ2v) is 5.86. The average Bonchev–Trinajstić information content (AvgIpc) is 3.08. The lowest BCUT2D eigenvalue weighted by Crippen LogP contribution is -2.33. The first-order chi connectivity index (χ1) is 10.3. The van der Waals surface area contributed by atoms with E-state index < -0.39 is 0 Å². The molecule has 2 atom stereocenters. The third-order valence-electron chi connectivity index (χ3n) is 4.25. The van der Waals surface area contributed by atoms with Gasteiger partial charge in [0.05, 0.1) is 6.04 Å². The smallest absolute Gasteiger partial charge is 0.124 e. The van der Waals surface area contributed by atoms with Crippen molar-refractivity contribution in [3.05, 3.63) is 59.2 Å². The lowest BCUT2D eigenvalue weighted by Gasteiger charge is -2.16. The molecule has 0 fully saturated rings. The molecule has 0 bridgehead atoms. The van der Waals surface area contributed by atoms with E-state index in [1.54, 1.807) is 0 Å². The van der Waals surface area contributed by atoms with E-state index in [-0.39, 0.29) is 12.1 Å². The van der Waals surface area contributed by atoms with Crippen LogP contribution in [0.15, 0.2) is 42.5 Å². The van der Waals surface area contributed by atoms with Crippen LogP contribution in [-0.4, -0.2) is 19.3 Å². The maximum atomic E-state index is 6.01. The van der Waals surface area contributed by atoms with Gasteiger partial charge in [-0.2, -0.15) is 0 Å². The Morgan fingerprint density at radius 3 is 3.00 bits per heavy atom. The molecule has 0 aliphatic carbocycles. The minimum Gasteiger partial charge on any atom is -0.491 e. The molecule has 2 aromatic carbocycles. The second kappa shape index (κ2) is 5.08. The van der Waals surface area contributed by atoms with Gasteiger partial charge in [-0.05, 0) is 24.6 Å². The Bertz CT molecular complexity index is 668. The average molecular weight is 281 g/mol. The molecule has 2 unspecified atom stereocenters. The first-order valence-electron chi connectivity index (χ1n) is 7.51. The highest BCUT2D eigenvalue weighted by molar-refractivity contribution is 5.41. The minimum atomic E-state index is 0.217. The van der Waals surface area contributed by atoms with Crippen LogP contribution in [0, 0.1) is 6.92 Å². The van der Waals surface area contributed by atoms with E-state index in [9.17, 15) is 0 Å². The van der Waals surface area contributed by atoms with Crippen molar-refractivity contribution in [2.24, 2.45) is 0 Å². The van der Waals surface area contributed by atoms with Gasteiger partial charge in [0.25, 0.3) is 0 Å². The van der Waals surface area contributed by atoms with Gasteiger partial charge in [-0.15, -0.1) is 0 Å². The van der Waals surface area contributed by atoms with Gasteiger partial charge in [0.2, 0.25) is 0 Å². The Morgan fingerprint density at radius 1 is 1.14 bits per heavy atom. The topological polar surface area (TPSA) is 30.5 Å². The van der Waals surface area contributed by atoms with Crippen molar-refractivity contribution in [3.63, 3.8) is 0 Å². The van der Waals surface area contributed by atoms with E-state index in [4.69, 9.17) is 9.47 Å². The third-order valence-corrected chi connectivity index (χ3v) is 4.25. The van der Waals surface area contributed by atoms with Crippen LogP contribution < -0.4 is 14.8 Å². The standard InChI is InChI=1S/C18H19NO2/c1-12-6-7-17-13(8-12)9-14(21-17)10-19-16-11-20-18-5-3-2-4-15(16)18/h2-8,14,16,19H,9-11H2,1H3. The molecule has 4 rings (SSSR count). The number of fused-ring (bicyclic) bond motifs is 2. The van der Waals surface area contributed by atoms with Crippen LogP contribution >= 0.6 is 0 Å². The number of aryl methyl sites for hydroxylation is 1. The Kier molecular flexibility index (Phi) is 3.08. The molecule has 2 heterocycles. The molecule has 2 aromatic rings. The molecule has 2 aliphatic heterocycles. The zero-order chi connectivity index (χ0) is 14.2. The summed E-state index contributed by atoms with van der Waals surface area (Å²) in [6, 6.07) is 14.9. The van der Waals surface area contributed by atoms with Crippen LogP contribution in [-0.2, 0) is 6.42 Å². The Morgan fingerprint density at radius 2 is 2.05 bits per heavy atom. The number of para-hydroxylation sites is 1. The molecule has 21 heavy (non-hydrogen) atoms. The maximum Gasteiger partial charge on any atom is 0.124 e. The lowest BCUT2D eigenvalue weighted by molar-refractivity contribution is 0.214. The Balaban J connectivity index is 1.39. The highest BCUT2D eigenvalue weighted by Gasteiger charge is 2.27. The molecule has 3 heteroatoms. The number of nitrogens with one attached hydrogen (secondary N) is 1. The SMILES string of the molecule is Cc1ccc2c(c1)CC(CNC1COc3ccccc31)O2. The summed E-state index contributed by atoms with van der Waals surface area (Å²) in [5.74, 6) is 2.04. The van der Waals surface area contributed by atoms with Crippen LogP contribution in [0.2, 0.25) is 0 Å². The van der Waals surface area contributed by atoms with Crippen LogP contribution in [0.1, 0.15) is 22.7 Å². The quantitative estimate of drug-likeness (QED) is 0.938. The third kappa shape index (κ3) is 2.38. The lowest BCUT2D eigenvalue weighted by atomic mass is 10.1. The molecule has 0 spiro atoms. The van der Waals surface area contributed by atoms with Crippen molar-refractivity contribution in [1.29, 1.82) is 0 Å². The van der Waals surface area contributed by atoms with E-state index in [1.807, 2.05) is 12.1 Å². The normalized spacial score (nSPS) is 22.3. The first-order valence-corrected chi connectivity index (χ1v) is 7.51. The summed E-state index contributed by atoms with van der Waals surface area (Å²) in [5.41, 5.74) is 3.87. The fourth-order valence-corrected chi connectivity index (χ4v) is 3.17. The van der Waals surface area contributed by atoms with Crippen LogP contribution in [0.5, 0.6) is 11.5 Å². The minimum absolute atomic E-state index is 0.217. The molecule has 0 aromatic heterocycles. The van der Waals surface area contributed by atoms with Gasteiger partial charge in [-0.25, -0.2) is 0 Å². The highest BCUT2D eigenvalue weighted by Crippen LogP contribution is 2.33. The van der Waals surface area contributed by atoms with E-state index in [0.29, 0.717) is 6.61 Å². The van der Waals surface area contributed by atoms with Crippen molar-refractivity contribution >= 4 is 0 Å². The number of ether oxygens (including phenoxy) is 2. The maximum absolute atomic E-state index is 6.01. The molecule has 3 nitrogen and oxygen atoms in total. The van der Waals surface area contributed by atoms with Gasteiger partial charge in [-0.1, -0.05) is 35.9 Å². The predicted molar refractivity (Wildman–Crippen MR) is 82.0 cm³/mol. The largest absolute Gasteiger partial charge is 0.491 e. The summed E-state index contributed by atoms with van der Waals surface area (Å²) in [6.45, 7) is 3.67. The molecule has 0 saturated heterocycles. The van der Waals surface area contributed by atoms with Crippen molar-refractivity contribution in [2.45, 2.75) is 25.5 Å². The fraction of sp³-hybridized carbons (Fsp3) is 0.333. The molecule has 108 valence electrons. The van der Waals surface area contributed by atoms with Gasteiger partial charge in [0.15, 0.2) is 0 Å². The number of hydrogen-bond donors (Lipinski definition) is 1. The number of rotatable bonds is 3. The Labute approximate surface area is 124 Å². The monoisotopic (exact) mass is 281 g/mol. The van der Waals surface area contributed by atoms with Gasteiger partial charge in [-0.3, -0.25) is 0 Å². The molecule has 0 amide bonds. The van der Waals surface area contributed by atoms with Crippen molar-refractivity contribution in [2.75, 3.05) is 13.2 Å². The summed E-state index contributed by atoms with van der Waals surface area (Å²) in [4.78, 5) is 0. The zero-order valence-corrected chi connectivity index (χ0v) is 12.1. The fourth-order valence-electron chi connectivity index (χ4n) is 3.17. The zero-order valence-electron chi connectivity index (χ0n) is 12.1. The summed E-state index contributed by atoms with van der Waals surface area (Å²) in [6.07, 6.45) is 1.20. The van der Waals surface area contributed by atoms with Crippen LogP contribution in [0.4, 0.5) is 0 Å². The summed E-state index contributed by atoms with van der Waals surface area (Å²) in [7, 11) is 0. The van der Waals surface area contributed by atoms with Gasteiger partial charge >= 0.3 is 0 Å². The summed E-state index contributed by atoms with van der Waals surface area (Å²) in [5, 5.41) is 3.58. The van der Waals surface area contributed by atoms with E-state index in [1.165, 1.54) is 16.7 Å². The van der Waals surface area contributed by atoms with Gasteiger partial charge in [0.1, 0.15) is 24.2 Å². The molecule has 2 aliphatic rings. The second-order valence-electron chi connectivity index (χ2n) is 5.86. The molecular weight excluding hydrogens is 262 g/mol. The van der Waals surface area contributed by atoms with Crippen molar-refractivity contribution in [3.8, 4) is 11.5 Å². The van der Waals surface area contributed by atoms with E-state index in [0.717, 1.165) is 24.5 Å². The first kappa shape index (κ1) is 12.7. The summed E-state index contributed by atoms with van der Waals surface area (Å²) < 4.78 is 11.7. The number of benzene rings is 2. The Hall–Kier alpha value is -2.00. The van der Waals surface area contributed by atoms with Crippen molar-refractivity contribution in [1.82, 2.24) is 5.32 Å². The summed E-state index contributed by atoms with van der Waals surface area (Å²) >= 11 is 0.